The summed E-state index contributed by atoms with van der Waals surface area (Å²) in [5.74, 6) is 2.11. The van der Waals surface area contributed by atoms with E-state index in [0.29, 0.717) is 0 Å². The summed E-state index contributed by atoms with van der Waals surface area (Å²) in [6, 6.07) is 8.64. The van der Waals surface area contributed by atoms with Crippen molar-refractivity contribution in [3.05, 3.63) is 94.5 Å². The van der Waals surface area contributed by atoms with E-state index in [1.54, 1.807) is 14.2 Å². The molecule has 0 heterocycles. The average molecular weight is 346 g/mol. The Morgan fingerprint density at radius 1 is 0.577 bits per heavy atom. The molecule has 26 heavy (non-hydrogen) atoms. The summed E-state index contributed by atoms with van der Waals surface area (Å²) < 4.78 is 10.5. The van der Waals surface area contributed by atoms with E-state index in [2.05, 4.69) is 72.9 Å². The number of rotatable bonds is 6. The van der Waals surface area contributed by atoms with Crippen molar-refractivity contribution in [3.8, 4) is 0 Å². The standard InChI is InChI=1S/C24H26O2/c1-25-23-15-11-21(12-16-23)9-7-19-3-5-20(6-4-19)8-10-22-13-17-24(26-2)18-14-22/h3-11,13,15,17H,12,14,16,18H2,1-2H3/b9-7+,10-8+. The third-order valence-electron chi connectivity index (χ3n) is 4.73. The first-order chi connectivity index (χ1) is 12.8. The summed E-state index contributed by atoms with van der Waals surface area (Å²) in [5.41, 5.74) is 5.10. The first kappa shape index (κ1) is 18.1. The minimum atomic E-state index is 0.979. The highest BCUT2D eigenvalue weighted by molar-refractivity contribution is 5.59. The lowest BCUT2D eigenvalue weighted by molar-refractivity contribution is 0.276. The summed E-state index contributed by atoms with van der Waals surface area (Å²) in [4.78, 5) is 0. The van der Waals surface area contributed by atoms with Crippen LogP contribution in [0.25, 0.3) is 12.2 Å². The molecule has 0 saturated carbocycles. The molecule has 0 unspecified atom stereocenters. The molecule has 0 saturated heterocycles. The Morgan fingerprint density at radius 2 is 1.00 bits per heavy atom. The minimum absolute atomic E-state index is 0.979. The quantitative estimate of drug-likeness (QED) is 0.609. The summed E-state index contributed by atoms with van der Waals surface area (Å²) in [6.45, 7) is 0. The molecule has 0 amide bonds. The molecule has 1 aromatic rings. The van der Waals surface area contributed by atoms with Gasteiger partial charge in [-0.15, -0.1) is 0 Å². The largest absolute Gasteiger partial charge is 0.501 e. The Hall–Kier alpha value is -2.74. The molecular weight excluding hydrogens is 320 g/mol. The van der Waals surface area contributed by atoms with E-state index >= 15 is 0 Å². The Bertz CT molecular complexity index is 730. The number of ether oxygens (including phenoxy) is 2. The molecule has 2 heteroatoms. The molecule has 3 rings (SSSR count). The highest BCUT2D eigenvalue weighted by Gasteiger charge is 2.04. The Morgan fingerprint density at radius 3 is 1.31 bits per heavy atom. The molecule has 0 atom stereocenters. The van der Waals surface area contributed by atoms with Crippen LogP contribution >= 0.6 is 0 Å². The number of benzene rings is 1. The lowest BCUT2D eigenvalue weighted by Gasteiger charge is -2.11. The van der Waals surface area contributed by atoms with Gasteiger partial charge in [-0.05, 0) is 47.3 Å². The molecule has 1 aromatic carbocycles. The van der Waals surface area contributed by atoms with Gasteiger partial charge in [0.25, 0.3) is 0 Å². The highest BCUT2D eigenvalue weighted by atomic mass is 16.5. The first-order valence-electron chi connectivity index (χ1n) is 9.10. The smallest absolute Gasteiger partial charge is 0.0958 e. The zero-order valence-corrected chi connectivity index (χ0v) is 15.6. The lowest BCUT2D eigenvalue weighted by atomic mass is 10.0. The van der Waals surface area contributed by atoms with Gasteiger partial charge in [-0.1, -0.05) is 60.7 Å². The molecule has 0 aliphatic heterocycles. The molecule has 0 N–H and O–H groups in total. The Balaban J connectivity index is 1.59. The van der Waals surface area contributed by atoms with Crippen LogP contribution in [0.15, 0.2) is 83.4 Å². The number of hydrogen-bond acceptors (Lipinski definition) is 2. The van der Waals surface area contributed by atoms with Crippen LogP contribution in [-0.4, -0.2) is 14.2 Å². The second-order valence-corrected chi connectivity index (χ2v) is 6.49. The molecule has 0 spiro atoms. The van der Waals surface area contributed by atoms with Gasteiger partial charge in [0.1, 0.15) is 0 Å². The van der Waals surface area contributed by atoms with Gasteiger partial charge < -0.3 is 9.47 Å². The molecule has 0 fully saturated rings. The Kier molecular flexibility index (Phi) is 6.32. The van der Waals surface area contributed by atoms with Crippen molar-refractivity contribution in [1.82, 2.24) is 0 Å². The molecule has 2 aliphatic carbocycles. The summed E-state index contributed by atoms with van der Waals surface area (Å²) in [7, 11) is 3.46. The minimum Gasteiger partial charge on any atom is -0.501 e. The van der Waals surface area contributed by atoms with Gasteiger partial charge in [0.05, 0.1) is 25.7 Å². The third kappa shape index (κ3) is 5.13. The second kappa shape index (κ2) is 9.10. The number of hydrogen-bond donors (Lipinski definition) is 0. The molecule has 2 aliphatic rings. The molecular formula is C24H26O2. The predicted octanol–water partition coefficient (Wildman–Crippen LogP) is 6.21. The molecule has 2 nitrogen and oxygen atoms in total. The summed E-state index contributed by atoms with van der Waals surface area (Å²) in [5, 5.41) is 0. The zero-order chi connectivity index (χ0) is 18.2. The van der Waals surface area contributed by atoms with Gasteiger partial charge in [-0.3, -0.25) is 0 Å². The van der Waals surface area contributed by atoms with Gasteiger partial charge in [-0.2, -0.15) is 0 Å². The topological polar surface area (TPSA) is 18.5 Å². The van der Waals surface area contributed by atoms with Crippen molar-refractivity contribution in [2.24, 2.45) is 0 Å². The third-order valence-corrected chi connectivity index (χ3v) is 4.73. The monoisotopic (exact) mass is 346 g/mol. The van der Waals surface area contributed by atoms with Crippen LogP contribution < -0.4 is 0 Å². The fourth-order valence-corrected chi connectivity index (χ4v) is 3.01. The molecule has 0 bridgehead atoms. The van der Waals surface area contributed by atoms with Gasteiger partial charge >= 0.3 is 0 Å². The highest BCUT2D eigenvalue weighted by Crippen LogP contribution is 2.22. The SMILES string of the molecule is COC1=CC=C(/C=C/c2ccc(/C=C/C3=CC=C(OC)CC3)cc2)CC1. The van der Waals surface area contributed by atoms with Crippen molar-refractivity contribution in [3.63, 3.8) is 0 Å². The maximum Gasteiger partial charge on any atom is 0.0958 e. The van der Waals surface area contributed by atoms with Crippen LogP contribution in [0.3, 0.4) is 0 Å². The van der Waals surface area contributed by atoms with Gasteiger partial charge in [0, 0.05) is 12.8 Å². The fraction of sp³-hybridized carbons (Fsp3) is 0.250. The van der Waals surface area contributed by atoms with E-state index in [9.17, 15) is 0 Å². The van der Waals surface area contributed by atoms with Crippen LogP contribution in [0, 0.1) is 0 Å². The molecule has 0 aromatic heterocycles. The van der Waals surface area contributed by atoms with Crippen LogP contribution in [0.5, 0.6) is 0 Å². The van der Waals surface area contributed by atoms with Crippen molar-refractivity contribution >= 4 is 12.2 Å². The van der Waals surface area contributed by atoms with Crippen LogP contribution in [0.4, 0.5) is 0 Å². The van der Waals surface area contributed by atoms with Crippen LogP contribution in [-0.2, 0) is 9.47 Å². The van der Waals surface area contributed by atoms with Crippen LogP contribution in [0.2, 0.25) is 0 Å². The van der Waals surface area contributed by atoms with Crippen LogP contribution in [0.1, 0.15) is 36.8 Å². The van der Waals surface area contributed by atoms with Crippen molar-refractivity contribution in [1.29, 1.82) is 0 Å². The normalized spacial score (nSPS) is 17.6. The summed E-state index contributed by atoms with van der Waals surface area (Å²) >= 11 is 0. The van der Waals surface area contributed by atoms with Crippen molar-refractivity contribution < 1.29 is 9.47 Å². The summed E-state index contributed by atoms with van der Waals surface area (Å²) in [6.07, 6.45) is 21.1. The van der Waals surface area contributed by atoms with E-state index in [4.69, 9.17) is 9.47 Å². The first-order valence-corrected chi connectivity index (χ1v) is 9.10. The van der Waals surface area contributed by atoms with Gasteiger partial charge in [0.15, 0.2) is 0 Å². The van der Waals surface area contributed by atoms with Crippen molar-refractivity contribution in [2.45, 2.75) is 25.7 Å². The maximum absolute atomic E-state index is 5.27. The van der Waals surface area contributed by atoms with E-state index < -0.39 is 0 Å². The lowest BCUT2D eigenvalue weighted by Crippen LogP contribution is -1.93. The predicted molar refractivity (Wildman–Crippen MR) is 109 cm³/mol. The van der Waals surface area contributed by atoms with Gasteiger partial charge in [-0.25, -0.2) is 0 Å². The van der Waals surface area contributed by atoms with E-state index in [1.165, 1.54) is 22.3 Å². The number of allylic oxidation sites excluding steroid dienone is 10. The van der Waals surface area contributed by atoms with Gasteiger partial charge in [0.2, 0.25) is 0 Å². The van der Waals surface area contributed by atoms with Crippen molar-refractivity contribution in [2.75, 3.05) is 14.2 Å². The molecule has 134 valence electrons. The van der Waals surface area contributed by atoms with E-state index in [-0.39, 0.29) is 0 Å². The van der Waals surface area contributed by atoms with E-state index in [1.807, 2.05) is 0 Å². The fourth-order valence-electron chi connectivity index (χ4n) is 3.01. The zero-order valence-electron chi connectivity index (χ0n) is 15.6. The Labute approximate surface area is 156 Å². The number of methoxy groups -OCH3 is 2. The second-order valence-electron chi connectivity index (χ2n) is 6.49. The average Bonchev–Trinajstić information content (AvgIpc) is 2.72. The molecule has 0 radical (unpaired) electrons. The van der Waals surface area contributed by atoms with E-state index in [0.717, 1.165) is 37.2 Å². The maximum atomic E-state index is 5.27.